The van der Waals surface area contributed by atoms with Crippen molar-refractivity contribution >= 4 is 21.6 Å². The van der Waals surface area contributed by atoms with E-state index in [0.29, 0.717) is 12.3 Å². The molecule has 4 heteroatoms. The maximum absolute atomic E-state index is 9.95. The Morgan fingerprint density at radius 1 is 1.20 bits per heavy atom. The molecule has 2 aromatic rings. The molecule has 3 nitrogen and oxygen atoms in total. The minimum atomic E-state index is 0.234. The molecule has 0 aliphatic heterocycles. The first-order valence-electron chi connectivity index (χ1n) is 6.37. The highest BCUT2D eigenvalue weighted by Gasteiger charge is 2.07. The lowest BCUT2D eigenvalue weighted by Gasteiger charge is -2.14. The normalized spacial score (nSPS) is 10.4. The Bertz CT molecular complexity index is 603. The second kappa shape index (κ2) is 6.18. The molecule has 106 valence electrons. The summed E-state index contributed by atoms with van der Waals surface area (Å²) in [7, 11) is 1.58. The number of phenolic OH excluding ortho intramolecular Hbond substituents is 1. The third-order valence-electron chi connectivity index (χ3n) is 3.18. The van der Waals surface area contributed by atoms with Crippen LogP contribution in [0.4, 0.5) is 5.69 Å². The van der Waals surface area contributed by atoms with E-state index in [4.69, 9.17) is 4.74 Å². The zero-order valence-electron chi connectivity index (χ0n) is 11.8. The Labute approximate surface area is 127 Å². The number of nitrogens with one attached hydrogen (secondary N) is 1. The van der Waals surface area contributed by atoms with Crippen molar-refractivity contribution in [3.63, 3.8) is 0 Å². The summed E-state index contributed by atoms with van der Waals surface area (Å²) >= 11 is 3.57. The van der Waals surface area contributed by atoms with Gasteiger partial charge in [0.05, 0.1) is 12.8 Å². The molecule has 0 spiro atoms. The number of halogens is 1. The minimum absolute atomic E-state index is 0.234. The fourth-order valence-corrected chi connectivity index (χ4v) is 2.96. The standard InChI is InChI=1S/C16H18BrNO2/c1-10-6-11(2)16(14(17)7-10)18-9-12-4-5-13(20-3)8-15(12)19/h4-8,18-19H,9H2,1-3H3. The van der Waals surface area contributed by atoms with Gasteiger partial charge in [0.25, 0.3) is 0 Å². The Hall–Kier alpha value is -1.68. The Balaban J connectivity index is 2.17. The molecule has 0 aliphatic rings. The second-order valence-corrected chi connectivity index (χ2v) is 5.64. The van der Waals surface area contributed by atoms with E-state index in [1.807, 2.05) is 12.1 Å². The first kappa shape index (κ1) is 14.7. The fraction of sp³-hybridized carbons (Fsp3) is 0.250. The number of ether oxygens (including phenoxy) is 1. The van der Waals surface area contributed by atoms with E-state index in [-0.39, 0.29) is 5.75 Å². The number of hydrogen-bond acceptors (Lipinski definition) is 3. The van der Waals surface area contributed by atoms with Crippen molar-refractivity contribution in [2.24, 2.45) is 0 Å². The Morgan fingerprint density at radius 3 is 2.55 bits per heavy atom. The van der Waals surface area contributed by atoms with Crippen LogP contribution < -0.4 is 10.1 Å². The second-order valence-electron chi connectivity index (χ2n) is 4.79. The molecular weight excluding hydrogens is 318 g/mol. The van der Waals surface area contributed by atoms with Gasteiger partial charge in [-0.25, -0.2) is 0 Å². The molecule has 0 saturated heterocycles. The van der Waals surface area contributed by atoms with E-state index in [1.165, 1.54) is 11.1 Å². The van der Waals surface area contributed by atoms with Crippen LogP contribution in [0, 0.1) is 13.8 Å². The summed E-state index contributed by atoms with van der Waals surface area (Å²) in [6.07, 6.45) is 0. The van der Waals surface area contributed by atoms with Crippen molar-refractivity contribution in [3.05, 3.63) is 51.5 Å². The van der Waals surface area contributed by atoms with E-state index in [0.717, 1.165) is 15.7 Å². The van der Waals surface area contributed by atoms with E-state index < -0.39 is 0 Å². The van der Waals surface area contributed by atoms with Crippen molar-refractivity contribution < 1.29 is 9.84 Å². The van der Waals surface area contributed by atoms with Gasteiger partial charge in [0.2, 0.25) is 0 Å². The van der Waals surface area contributed by atoms with Crippen molar-refractivity contribution in [3.8, 4) is 11.5 Å². The van der Waals surface area contributed by atoms with Gasteiger partial charge in [-0.3, -0.25) is 0 Å². The lowest BCUT2D eigenvalue weighted by Crippen LogP contribution is -2.02. The van der Waals surface area contributed by atoms with Crippen LogP contribution in [-0.2, 0) is 6.54 Å². The predicted molar refractivity (Wildman–Crippen MR) is 85.6 cm³/mol. The van der Waals surface area contributed by atoms with Crippen LogP contribution in [0.5, 0.6) is 11.5 Å². The summed E-state index contributed by atoms with van der Waals surface area (Å²) < 4.78 is 6.11. The van der Waals surface area contributed by atoms with Gasteiger partial charge in [-0.2, -0.15) is 0 Å². The number of aryl methyl sites for hydroxylation is 2. The number of anilines is 1. The van der Waals surface area contributed by atoms with E-state index in [2.05, 4.69) is 47.2 Å². The summed E-state index contributed by atoms with van der Waals surface area (Å²) in [5.41, 5.74) is 4.26. The van der Waals surface area contributed by atoms with Crippen molar-refractivity contribution in [2.75, 3.05) is 12.4 Å². The molecule has 0 unspecified atom stereocenters. The van der Waals surface area contributed by atoms with Gasteiger partial charge in [-0.15, -0.1) is 0 Å². The zero-order chi connectivity index (χ0) is 14.7. The summed E-state index contributed by atoms with van der Waals surface area (Å²) in [5.74, 6) is 0.886. The van der Waals surface area contributed by atoms with Gasteiger partial charge in [0.15, 0.2) is 0 Å². The van der Waals surface area contributed by atoms with Crippen molar-refractivity contribution in [1.82, 2.24) is 0 Å². The fourth-order valence-electron chi connectivity index (χ4n) is 2.14. The molecular formula is C16H18BrNO2. The number of aromatic hydroxyl groups is 1. The molecule has 0 radical (unpaired) electrons. The minimum Gasteiger partial charge on any atom is -0.507 e. The Morgan fingerprint density at radius 2 is 1.95 bits per heavy atom. The van der Waals surface area contributed by atoms with Crippen molar-refractivity contribution in [1.29, 1.82) is 0 Å². The first-order valence-corrected chi connectivity index (χ1v) is 7.17. The smallest absolute Gasteiger partial charge is 0.124 e. The molecule has 0 bridgehead atoms. The van der Waals surface area contributed by atoms with Gasteiger partial charge < -0.3 is 15.2 Å². The van der Waals surface area contributed by atoms with Crippen LogP contribution in [0.3, 0.4) is 0 Å². The highest BCUT2D eigenvalue weighted by Crippen LogP contribution is 2.30. The van der Waals surface area contributed by atoms with Crippen LogP contribution in [0.15, 0.2) is 34.8 Å². The van der Waals surface area contributed by atoms with E-state index >= 15 is 0 Å². The van der Waals surface area contributed by atoms with E-state index in [9.17, 15) is 5.11 Å². The molecule has 0 amide bonds. The monoisotopic (exact) mass is 335 g/mol. The van der Waals surface area contributed by atoms with Gasteiger partial charge in [-0.05, 0) is 59.1 Å². The third kappa shape index (κ3) is 3.25. The molecule has 2 aromatic carbocycles. The lowest BCUT2D eigenvalue weighted by molar-refractivity contribution is 0.406. The van der Waals surface area contributed by atoms with Crippen LogP contribution >= 0.6 is 15.9 Å². The zero-order valence-corrected chi connectivity index (χ0v) is 13.4. The summed E-state index contributed by atoms with van der Waals surface area (Å²) in [6.45, 7) is 4.68. The first-order chi connectivity index (χ1) is 9.51. The molecule has 0 saturated carbocycles. The van der Waals surface area contributed by atoms with Crippen LogP contribution in [0.25, 0.3) is 0 Å². The number of rotatable bonds is 4. The molecule has 0 heterocycles. The molecule has 0 aromatic heterocycles. The quantitative estimate of drug-likeness (QED) is 0.870. The summed E-state index contributed by atoms with van der Waals surface area (Å²) in [5, 5.41) is 13.3. The van der Waals surface area contributed by atoms with Gasteiger partial charge in [0.1, 0.15) is 11.5 Å². The molecule has 0 atom stereocenters. The molecule has 0 aliphatic carbocycles. The lowest BCUT2D eigenvalue weighted by atomic mass is 10.1. The molecule has 20 heavy (non-hydrogen) atoms. The average molecular weight is 336 g/mol. The maximum atomic E-state index is 9.95. The van der Waals surface area contributed by atoms with Gasteiger partial charge in [-0.1, -0.05) is 6.07 Å². The number of methoxy groups -OCH3 is 1. The third-order valence-corrected chi connectivity index (χ3v) is 3.81. The molecule has 0 fully saturated rings. The SMILES string of the molecule is COc1ccc(CNc2c(C)cc(C)cc2Br)c(O)c1. The number of benzene rings is 2. The Kier molecular flexibility index (Phi) is 4.55. The number of hydrogen-bond donors (Lipinski definition) is 2. The van der Waals surface area contributed by atoms with E-state index in [1.54, 1.807) is 13.2 Å². The van der Waals surface area contributed by atoms with Crippen LogP contribution in [0.1, 0.15) is 16.7 Å². The average Bonchev–Trinajstić information content (AvgIpc) is 2.39. The van der Waals surface area contributed by atoms with Gasteiger partial charge >= 0.3 is 0 Å². The highest BCUT2D eigenvalue weighted by molar-refractivity contribution is 9.10. The topological polar surface area (TPSA) is 41.5 Å². The summed E-state index contributed by atoms with van der Waals surface area (Å²) in [4.78, 5) is 0. The summed E-state index contributed by atoms with van der Waals surface area (Å²) in [6, 6.07) is 9.52. The predicted octanol–water partition coefficient (Wildman–Crippen LogP) is 4.39. The van der Waals surface area contributed by atoms with Crippen molar-refractivity contribution in [2.45, 2.75) is 20.4 Å². The maximum Gasteiger partial charge on any atom is 0.124 e. The van der Waals surface area contributed by atoms with Gasteiger partial charge in [0, 0.05) is 22.6 Å². The van der Waals surface area contributed by atoms with Crippen LogP contribution in [0.2, 0.25) is 0 Å². The van der Waals surface area contributed by atoms with Crippen LogP contribution in [-0.4, -0.2) is 12.2 Å². The largest absolute Gasteiger partial charge is 0.507 e. The molecule has 2 rings (SSSR count). The molecule has 2 N–H and O–H groups in total. The number of phenols is 1. The highest BCUT2D eigenvalue weighted by atomic mass is 79.9.